The van der Waals surface area contributed by atoms with E-state index in [1.165, 1.54) is 9.80 Å². The van der Waals surface area contributed by atoms with Crippen molar-refractivity contribution in [2.75, 3.05) is 19.6 Å². The molecule has 2 atom stereocenters. The summed E-state index contributed by atoms with van der Waals surface area (Å²) in [6.45, 7) is -0.146. The van der Waals surface area contributed by atoms with Gasteiger partial charge in [-0.3, -0.25) is 9.59 Å². The van der Waals surface area contributed by atoms with Gasteiger partial charge in [-0.1, -0.05) is 12.6 Å². The molecule has 0 radical (unpaired) electrons. The number of hydrogen-bond acceptors (Lipinski definition) is 2. The van der Waals surface area contributed by atoms with Crippen LogP contribution in [0.4, 0.5) is 26.7 Å². The van der Waals surface area contributed by atoms with Gasteiger partial charge in [0, 0.05) is 44.9 Å². The molecular formula is C16H23F5N2O2S. The van der Waals surface area contributed by atoms with Crippen LogP contribution in [0.25, 0.3) is 0 Å². The van der Waals surface area contributed by atoms with E-state index in [4.69, 9.17) is 0 Å². The second-order valence-corrected chi connectivity index (χ2v) is 7.44. The Bertz CT molecular complexity index is 529. The number of alkyl halides is 5. The summed E-state index contributed by atoms with van der Waals surface area (Å²) in [7, 11) is 0. The molecule has 2 fully saturated rings. The normalized spacial score (nSPS) is 26.7. The summed E-state index contributed by atoms with van der Waals surface area (Å²) in [5.41, 5.74) is 0. The van der Waals surface area contributed by atoms with Gasteiger partial charge in [0.2, 0.25) is 5.91 Å². The lowest BCUT2D eigenvalue weighted by molar-refractivity contribution is -0.188. The van der Waals surface area contributed by atoms with Crippen molar-refractivity contribution in [3.05, 3.63) is 0 Å². The first-order chi connectivity index (χ1) is 12.0. The van der Waals surface area contributed by atoms with Crippen LogP contribution in [0, 0.1) is 5.92 Å². The Balaban J connectivity index is 1.84. The van der Waals surface area contributed by atoms with Gasteiger partial charge < -0.3 is 9.80 Å². The molecule has 2 amide bonds. The van der Waals surface area contributed by atoms with E-state index in [1.54, 1.807) is 0 Å². The molecule has 0 saturated carbocycles. The van der Waals surface area contributed by atoms with Crippen LogP contribution >= 0.6 is 12.6 Å². The Labute approximate surface area is 154 Å². The molecule has 2 aliphatic rings. The van der Waals surface area contributed by atoms with Crippen molar-refractivity contribution in [2.24, 2.45) is 5.92 Å². The first-order valence-electron chi connectivity index (χ1n) is 8.71. The molecule has 0 spiro atoms. The van der Waals surface area contributed by atoms with Crippen LogP contribution in [0.1, 0.15) is 44.9 Å². The number of halogens is 5. The topological polar surface area (TPSA) is 40.6 Å². The quantitative estimate of drug-likeness (QED) is 0.568. The van der Waals surface area contributed by atoms with Crippen LogP contribution in [-0.4, -0.2) is 58.7 Å². The van der Waals surface area contributed by atoms with Crippen molar-refractivity contribution in [2.45, 2.75) is 63.1 Å². The standard InChI is InChI=1S/C16H23F5N2O2S/c17-15(18)6-8-23(14(25)26)12(9-15)4-1-5-13(24)22-7-2-3-11(10-22)16(19,20)21/h11-12H,1-10H2,(H,25,26). The highest BCUT2D eigenvalue weighted by Crippen LogP contribution is 2.35. The van der Waals surface area contributed by atoms with Gasteiger partial charge in [-0.2, -0.15) is 13.2 Å². The maximum Gasteiger partial charge on any atom is 0.393 e. The SMILES string of the molecule is O=C(CCCC1CC(F)(F)CCN1C(=O)S)N1CCCC(C(F)(F)F)C1. The number of amides is 2. The summed E-state index contributed by atoms with van der Waals surface area (Å²) >= 11 is 3.70. The third kappa shape index (κ3) is 5.72. The molecule has 2 rings (SSSR count). The van der Waals surface area contributed by atoms with Gasteiger partial charge in [-0.05, 0) is 25.7 Å². The molecule has 0 N–H and O–H groups in total. The highest BCUT2D eigenvalue weighted by molar-refractivity contribution is 7.96. The molecule has 2 heterocycles. The van der Waals surface area contributed by atoms with Crippen LogP contribution in [-0.2, 0) is 4.79 Å². The molecule has 2 saturated heterocycles. The second kappa shape index (κ2) is 8.31. The smallest absolute Gasteiger partial charge is 0.342 e. The number of rotatable bonds is 4. The zero-order valence-electron chi connectivity index (χ0n) is 14.3. The number of carbonyl (C=O) groups excluding carboxylic acids is 2. The Morgan fingerprint density at radius 2 is 1.88 bits per heavy atom. The second-order valence-electron chi connectivity index (χ2n) is 7.05. The third-order valence-corrected chi connectivity index (χ3v) is 5.36. The van der Waals surface area contributed by atoms with Crippen molar-refractivity contribution in [3.63, 3.8) is 0 Å². The lowest BCUT2D eigenvalue weighted by Gasteiger charge is -2.38. The molecule has 0 bridgehead atoms. The van der Waals surface area contributed by atoms with E-state index in [9.17, 15) is 31.5 Å². The summed E-state index contributed by atoms with van der Waals surface area (Å²) in [6.07, 6.45) is -4.47. The van der Waals surface area contributed by atoms with E-state index in [2.05, 4.69) is 12.6 Å². The summed E-state index contributed by atoms with van der Waals surface area (Å²) in [6, 6.07) is -0.708. The molecule has 0 aromatic rings. The van der Waals surface area contributed by atoms with E-state index < -0.39 is 48.0 Å². The molecule has 2 aliphatic heterocycles. The van der Waals surface area contributed by atoms with Crippen molar-refractivity contribution < 1.29 is 31.5 Å². The minimum atomic E-state index is -4.32. The van der Waals surface area contributed by atoms with Crippen LogP contribution in [0.2, 0.25) is 0 Å². The Morgan fingerprint density at radius 3 is 2.50 bits per heavy atom. The summed E-state index contributed by atoms with van der Waals surface area (Å²) in [5, 5.41) is -0.583. The first-order valence-corrected chi connectivity index (χ1v) is 9.16. The molecule has 4 nitrogen and oxygen atoms in total. The highest BCUT2D eigenvalue weighted by Gasteiger charge is 2.43. The molecule has 26 heavy (non-hydrogen) atoms. The van der Waals surface area contributed by atoms with E-state index in [1.807, 2.05) is 0 Å². The van der Waals surface area contributed by atoms with Gasteiger partial charge in [0.15, 0.2) is 0 Å². The van der Waals surface area contributed by atoms with E-state index in [0.29, 0.717) is 6.42 Å². The van der Waals surface area contributed by atoms with Crippen molar-refractivity contribution in [1.82, 2.24) is 9.80 Å². The number of hydrogen-bond donors (Lipinski definition) is 1. The minimum Gasteiger partial charge on any atom is -0.342 e. The number of likely N-dealkylation sites (tertiary alicyclic amines) is 2. The fourth-order valence-corrected chi connectivity index (χ4v) is 3.91. The summed E-state index contributed by atoms with van der Waals surface area (Å²) in [5.74, 6) is -4.76. The zero-order valence-corrected chi connectivity index (χ0v) is 15.2. The predicted octanol–water partition coefficient (Wildman–Crippen LogP) is 4.11. The maximum absolute atomic E-state index is 13.6. The molecule has 10 heteroatoms. The fraction of sp³-hybridized carbons (Fsp3) is 0.875. The maximum atomic E-state index is 13.6. The Kier molecular flexibility index (Phi) is 6.79. The molecule has 2 unspecified atom stereocenters. The average Bonchev–Trinajstić information content (AvgIpc) is 2.53. The van der Waals surface area contributed by atoms with Crippen molar-refractivity contribution in [1.29, 1.82) is 0 Å². The van der Waals surface area contributed by atoms with Gasteiger partial charge in [0.1, 0.15) is 0 Å². The molecule has 0 aromatic carbocycles. The van der Waals surface area contributed by atoms with E-state index >= 15 is 0 Å². The van der Waals surface area contributed by atoms with Gasteiger partial charge in [-0.15, -0.1) is 0 Å². The minimum absolute atomic E-state index is 0.0126. The average molecular weight is 402 g/mol. The van der Waals surface area contributed by atoms with Crippen LogP contribution in [0.15, 0.2) is 0 Å². The van der Waals surface area contributed by atoms with Crippen LogP contribution in [0.3, 0.4) is 0 Å². The number of carbonyl (C=O) groups is 2. The largest absolute Gasteiger partial charge is 0.393 e. The first kappa shape index (κ1) is 21.2. The number of nitrogens with zero attached hydrogens (tertiary/aromatic N) is 2. The molecule has 0 aliphatic carbocycles. The lowest BCUT2D eigenvalue weighted by atomic mass is 9.94. The molecular weight excluding hydrogens is 379 g/mol. The number of piperidine rings is 2. The van der Waals surface area contributed by atoms with E-state index in [0.717, 1.165) is 0 Å². The third-order valence-electron chi connectivity index (χ3n) is 5.10. The molecule has 0 aromatic heterocycles. The fourth-order valence-electron chi connectivity index (χ4n) is 3.65. The van der Waals surface area contributed by atoms with Gasteiger partial charge in [0.25, 0.3) is 11.2 Å². The van der Waals surface area contributed by atoms with Crippen molar-refractivity contribution >= 4 is 23.8 Å². The number of thiol groups is 1. The summed E-state index contributed by atoms with van der Waals surface area (Å²) in [4.78, 5) is 26.1. The van der Waals surface area contributed by atoms with Crippen LogP contribution in [0.5, 0.6) is 0 Å². The predicted molar refractivity (Wildman–Crippen MR) is 88.3 cm³/mol. The molecule has 150 valence electrons. The Morgan fingerprint density at radius 1 is 1.19 bits per heavy atom. The highest BCUT2D eigenvalue weighted by atomic mass is 32.1. The lowest BCUT2D eigenvalue weighted by Crippen LogP contribution is -2.48. The monoisotopic (exact) mass is 402 g/mol. The van der Waals surface area contributed by atoms with Crippen molar-refractivity contribution in [3.8, 4) is 0 Å². The van der Waals surface area contributed by atoms with Crippen LogP contribution < -0.4 is 0 Å². The summed E-state index contributed by atoms with van der Waals surface area (Å²) < 4.78 is 65.6. The zero-order chi connectivity index (χ0) is 19.5. The Hall–Kier alpha value is -1.06. The van der Waals surface area contributed by atoms with Gasteiger partial charge in [-0.25, -0.2) is 8.78 Å². The van der Waals surface area contributed by atoms with Gasteiger partial charge in [0.05, 0.1) is 5.92 Å². The van der Waals surface area contributed by atoms with Gasteiger partial charge >= 0.3 is 6.18 Å². The van der Waals surface area contributed by atoms with E-state index in [-0.39, 0.29) is 45.3 Å².